The SMILES string of the molecule is COCC1(CNS(=O)(=O)c2ccc(NC(=O)C3CC3)cc2OC)CCCN1. The summed E-state index contributed by atoms with van der Waals surface area (Å²) >= 11 is 0. The van der Waals surface area contributed by atoms with Crippen LogP contribution in [0.5, 0.6) is 5.75 Å². The molecule has 1 aliphatic heterocycles. The van der Waals surface area contributed by atoms with Gasteiger partial charge in [0, 0.05) is 31.3 Å². The average molecular weight is 397 g/mol. The highest BCUT2D eigenvalue weighted by Crippen LogP contribution is 2.32. The number of carbonyl (C=O) groups is 1. The molecule has 0 aromatic heterocycles. The summed E-state index contributed by atoms with van der Waals surface area (Å²) < 4.78 is 38.8. The van der Waals surface area contributed by atoms with Gasteiger partial charge in [-0.1, -0.05) is 0 Å². The minimum Gasteiger partial charge on any atom is -0.495 e. The average Bonchev–Trinajstić information content (AvgIpc) is 3.40. The van der Waals surface area contributed by atoms with Crippen LogP contribution in [-0.2, 0) is 19.6 Å². The molecule has 2 aliphatic rings. The molecular weight excluding hydrogens is 370 g/mol. The lowest BCUT2D eigenvalue weighted by atomic mass is 9.99. The molecule has 1 saturated heterocycles. The molecule has 27 heavy (non-hydrogen) atoms. The van der Waals surface area contributed by atoms with Crippen LogP contribution in [0.4, 0.5) is 5.69 Å². The number of hydrogen-bond acceptors (Lipinski definition) is 6. The largest absolute Gasteiger partial charge is 0.495 e. The van der Waals surface area contributed by atoms with Crippen LogP contribution >= 0.6 is 0 Å². The molecular formula is C18H27N3O5S. The van der Waals surface area contributed by atoms with Gasteiger partial charge in [-0.3, -0.25) is 4.79 Å². The quantitative estimate of drug-likeness (QED) is 0.576. The number of nitrogens with one attached hydrogen (secondary N) is 3. The first kappa shape index (κ1) is 20.1. The first-order valence-corrected chi connectivity index (χ1v) is 10.6. The fourth-order valence-corrected chi connectivity index (χ4v) is 4.61. The molecule has 1 heterocycles. The number of rotatable bonds is 9. The van der Waals surface area contributed by atoms with E-state index >= 15 is 0 Å². The lowest BCUT2D eigenvalue weighted by Crippen LogP contribution is -2.52. The lowest BCUT2D eigenvalue weighted by Gasteiger charge is -2.29. The van der Waals surface area contributed by atoms with Gasteiger partial charge in [0.15, 0.2) is 0 Å². The molecule has 1 saturated carbocycles. The summed E-state index contributed by atoms with van der Waals surface area (Å²) in [5, 5.41) is 6.14. The second-order valence-electron chi connectivity index (χ2n) is 7.20. The molecule has 0 spiro atoms. The summed E-state index contributed by atoms with van der Waals surface area (Å²) in [6.45, 7) is 1.50. The summed E-state index contributed by atoms with van der Waals surface area (Å²) in [7, 11) is -0.766. The molecule has 1 amide bonds. The molecule has 1 atom stereocenters. The zero-order valence-corrected chi connectivity index (χ0v) is 16.5. The summed E-state index contributed by atoms with van der Waals surface area (Å²) in [4.78, 5) is 11.9. The van der Waals surface area contributed by atoms with Crippen molar-refractivity contribution >= 4 is 21.6 Å². The molecule has 0 bridgehead atoms. The van der Waals surface area contributed by atoms with Crippen LogP contribution < -0.4 is 20.1 Å². The third-order valence-electron chi connectivity index (χ3n) is 5.02. The third kappa shape index (κ3) is 4.78. The molecule has 150 valence electrons. The Morgan fingerprint density at radius 2 is 2.11 bits per heavy atom. The highest BCUT2D eigenvalue weighted by atomic mass is 32.2. The van der Waals surface area contributed by atoms with Gasteiger partial charge >= 0.3 is 0 Å². The van der Waals surface area contributed by atoms with Crippen molar-refractivity contribution in [2.45, 2.75) is 36.1 Å². The zero-order valence-electron chi connectivity index (χ0n) is 15.7. The number of amides is 1. The number of carbonyl (C=O) groups excluding carboxylic acids is 1. The Labute approximate surface area is 160 Å². The second kappa shape index (κ2) is 8.14. The summed E-state index contributed by atoms with van der Waals surface area (Å²) in [6, 6.07) is 4.57. The number of benzene rings is 1. The van der Waals surface area contributed by atoms with Crippen molar-refractivity contribution < 1.29 is 22.7 Å². The van der Waals surface area contributed by atoms with Crippen molar-refractivity contribution in [2.75, 3.05) is 39.2 Å². The summed E-state index contributed by atoms with van der Waals surface area (Å²) in [5.41, 5.74) is 0.128. The first-order valence-electron chi connectivity index (χ1n) is 9.12. The molecule has 0 radical (unpaired) electrons. The van der Waals surface area contributed by atoms with Gasteiger partial charge in [0.25, 0.3) is 0 Å². The summed E-state index contributed by atoms with van der Waals surface area (Å²) in [6.07, 6.45) is 3.61. The highest BCUT2D eigenvalue weighted by Gasteiger charge is 2.35. The van der Waals surface area contributed by atoms with Crippen molar-refractivity contribution in [3.8, 4) is 5.75 Å². The maximum absolute atomic E-state index is 12.8. The zero-order chi connectivity index (χ0) is 19.5. The normalized spacial score (nSPS) is 22.6. The van der Waals surface area contributed by atoms with Crippen molar-refractivity contribution in [1.29, 1.82) is 0 Å². The molecule has 1 aromatic rings. The van der Waals surface area contributed by atoms with Gasteiger partial charge in [-0.15, -0.1) is 0 Å². The Morgan fingerprint density at radius 1 is 1.33 bits per heavy atom. The van der Waals surface area contributed by atoms with Gasteiger partial charge in [-0.25, -0.2) is 13.1 Å². The first-order chi connectivity index (χ1) is 12.9. The molecule has 8 nitrogen and oxygen atoms in total. The monoisotopic (exact) mass is 397 g/mol. The maximum Gasteiger partial charge on any atom is 0.244 e. The number of anilines is 1. The van der Waals surface area contributed by atoms with Crippen molar-refractivity contribution in [3.63, 3.8) is 0 Å². The number of sulfonamides is 1. The van der Waals surface area contributed by atoms with Gasteiger partial charge in [0.1, 0.15) is 10.6 Å². The molecule has 1 aromatic carbocycles. The standard InChI is InChI=1S/C18H27N3O5S/c1-25-12-18(8-3-9-19-18)11-20-27(23,24)16-7-6-14(10-15(16)26-2)21-17(22)13-4-5-13/h6-7,10,13,19-20H,3-5,8-9,11-12H2,1-2H3,(H,21,22). The number of ether oxygens (including phenoxy) is 2. The Kier molecular flexibility index (Phi) is 6.05. The van der Waals surface area contributed by atoms with Gasteiger partial charge in [0.2, 0.25) is 15.9 Å². The Hall–Kier alpha value is -1.68. The van der Waals surface area contributed by atoms with E-state index in [1.54, 1.807) is 13.2 Å². The van der Waals surface area contributed by atoms with Crippen molar-refractivity contribution in [3.05, 3.63) is 18.2 Å². The van der Waals surface area contributed by atoms with Crippen molar-refractivity contribution in [1.82, 2.24) is 10.0 Å². The smallest absolute Gasteiger partial charge is 0.244 e. The predicted molar refractivity (Wildman–Crippen MR) is 101 cm³/mol. The molecule has 1 aliphatic carbocycles. The molecule has 3 N–H and O–H groups in total. The van der Waals surface area contributed by atoms with E-state index < -0.39 is 15.6 Å². The Bertz CT molecular complexity index is 786. The number of hydrogen-bond donors (Lipinski definition) is 3. The second-order valence-corrected chi connectivity index (χ2v) is 8.93. The van der Waals surface area contributed by atoms with Gasteiger partial charge < -0.3 is 20.1 Å². The fourth-order valence-electron chi connectivity index (χ4n) is 3.34. The van der Waals surface area contributed by atoms with Crippen LogP contribution in [0.15, 0.2) is 23.1 Å². The van der Waals surface area contributed by atoms with Crippen LogP contribution in [0.3, 0.4) is 0 Å². The van der Waals surface area contributed by atoms with Crippen molar-refractivity contribution in [2.24, 2.45) is 5.92 Å². The molecule has 2 fully saturated rings. The van der Waals surface area contributed by atoms with E-state index in [1.165, 1.54) is 19.2 Å². The molecule has 9 heteroatoms. The van der Waals surface area contributed by atoms with Crippen LogP contribution in [0.1, 0.15) is 25.7 Å². The van der Waals surface area contributed by atoms with Gasteiger partial charge in [-0.05, 0) is 44.4 Å². The van der Waals surface area contributed by atoms with E-state index in [9.17, 15) is 13.2 Å². The Balaban J connectivity index is 1.73. The van der Waals surface area contributed by atoms with Crippen LogP contribution in [0.25, 0.3) is 0 Å². The third-order valence-corrected chi connectivity index (χ3v) is 6.46. The minimum absolute atomic E-state index is 0.0417. The Morgan fingerprint density at radius 3 is 2.70 bits per heavy atom. The van der Waals surface area contributed by atoms with E-state index in [0.717, 1.165) is 32.2 Å². The van der Waals surface area contributed by atoms with E-state index in [2.05, 4.69) is 15.4 Å². The van der Waals surface area contributed by atoms with Crippen LogP contribution in [-0.4, -0.2) is 53.8 Å². The van der Waals surface area contributed by atoms with E-state index in [0.29, 0.717) is 12.3 Å². The van der Waals surface area contributed by atoms with E-state index in [-0.39, 0.29) is 29.0 Å². The van der Waals surface area contributed by atoms with Gasteiger partial charge in [0.05, 0.1) is 19.3 Å². The van der Waals surface area contributed by atoms with Gasteiger partial charge in [-0.2, -0.15) is 0 Å². The maximum atomic E-state index is 12.8. The topological polar surface area (TPSA) is 106 Å². The minimum atomic E-state index is -3.78. The van der Waals surface area contributed by atoms with E-state index in [1.807, 2.05) is 0 Å². The molecule has 3 rings (SSSR count). The fraction of sp³-hybridized carbons (Fsp3) is 0.611. The molecule has 1 unspecified atom stereocenters. The summed E-state index contributed by atoms with van der Waals surface area (Å²) in [5.74, 6) is 0.216. The number of methoxy groups -OCH3 is 2. The highest BCUT2D eigenvalue weighted by molar-refractivity contribution is 7.89. The van der Waals surface area contributed by atoms with E-state index in [4.69, 9.17) is 9.47 Å². The van der Waals surface area contributed by atoms with Crippen LogP contribution in [0, 0.1) is 5.92 Å². The lowest BCUT2D eigenvalue weighted by molar-refractivity contribution is -0.117. The van der Waals surface area contributed by atoms with Crippen LogP contribution in [0.2, 0.25) is 0 Å². The predicted octanol–water partition coefficient (Wildman–Crippen LogP) is 1.09.